The van der Waals surface area contributed by atoms with E-state index in [4.69, 9.17) is 85.9 Å². The minimum atomic E-state index is -1.68. The van der Waals surface area contributed by atoms with Crippen molar-refractivity contribution in [2.24, 2.45) is 20.5 Å². The molecular weight excluding hydrogens is 965 g/mol. The highest BCUT2D eigenvalue weighted by molar-refractivity contribution is 6.41. The van der Waals surface area contributed by atoms with E-state index in [1.165, 1.54) is 54.6 Å². The van der Waals surface area contributed by atoms with Crippen LogP contribution in [-0.4, -0.2) is 53.3 Å². The Hall–Kier alpha value is -5.65. The Morgan fingerprint density at radius 1 is 0.556 bits per heavy atom. The predicted octanol–water partition coefficient (Wildman–Crippen LogP) is 12.0. The molecule has 5 rings (SSSR count). The smallest absolute Gasteiger partial charge is 0.258 e. The van der Waals surface area contributed by atoms with Crippen molar-refractivity contribution in [1.82, 2.24) is 0 Å². The maximum absolute atomic E-state index is 13.4. The summed E-state index contributed by atoms with van der Waals surface area (Å²) < 4.78 is 5.46. The van der Waals surface area contributed by atoms with Gasteiger partial charge in [0.1, 0.15) is 5.75 Å². The number of ether oxygens (including phenoxy) is 1. The summed E-state index contributed by atoms with van der Waals surface area (Å²) in [6, 6.07) is 17.7. The number of nitrogens with one attached hydrogen (secondary N) is 4. The highest BCUT2D eigenvalue weighted by atomic mass is 35.5. The molecule has 324 valence electrons. The molecule has 0 spiro atoms. The molecule has 4 N–H and O–H groups in total. The molecule has 2 unspecified atom stereocenters. The third-order valence-electron chi connectivity index (χ3n) is 8.25. The fraction of sp³-hybridized carbons (Fsp3) is 0.122. The number of carbonyl (C=O) groups is 6. The molecule has 5 aromatic rings. The van der Waals surface area contributed by atoms with Gasteiger partial charge in [0.2, 0.25) is 12.1 Å². The number of nitrogens with zero attached hydrogens (tertiary/aromatic N) is 4. The first-order valence-electron chi connectivity index (χ1n) is 17.8. The van der Waals surface area contributed by atoms with E-state index in [9.17, 15) is 28.8 Å². The number of amides is 4. The van der Waals surface area contributed by atoms with Crippen LogP contribution in [0.25, 0.3) is 0 Å². The molecule has 0 saturated heterocycles. The summed E-state index contributed by atoms with van der Waals surface area (Å²) in [5.74, 6) is -4.53. The highest BCUT2D eigenvalue weighted by Crippen LogP contribution is 2.34. The number of azo groups is 2. The normalized spacial score (nSPS) is 12.1. The van der Waals surface area contributed by atoms with Crippen LogP contribution >= 0.6 is 81.2 Å². The SMILES string of the molecule is CC(=O)C(N=Nc1cc(Cl)cc(C(=O)Nc2c(Cl)cccc2Cl)c1)C(=O)Nc1ccc(NC(=O)C(N=Nc2cc(Cl)cc(C(=O)Nc3c(Cl)cccc3Cl)c2)C(C)=O)c(OCCl)c1. The quantitative estimate of drug-likeness (QED) is 0.0426. The standard InChI is InChI=1S/C41H29Cl7N8O7/c1-19(57)34(55-53-26-13-21(11-23(43)15-26)38(59)51-36-28(45)5-3-6-29(36)46)40(61)49-25-9-10-32(33(17-25)63-18-42)50-41(62)35(20(2)58)56-54-27-14-22(12-24(44)16-27)39(60)52-37-30(47)7-4-8-31(37)48/h3-17,34-35H,18H2,1-2H3,(H,49,61)(H,50,62)(H,51,59)(H,52,60). The van der Waals surface area contributed by atoms with Gasteiger partial charge in [-0.1, -0.05) is 93.3 Å². The minimum Gasteiger partial charge on any atom is -0.476 e. The summed E-state index contributed by atoms with van der Waals surface area (Å²) in [6.45, 7) is 2.24. The number of ketones is 2. The molecule has 0 radical (unpaired) electrons. The molecule has 0 aromatic heterocycles. The van der Waals surface area contributed by atoms with Crippen molar-refractivity contribution in [2.45, 2.75) is 25.9 Å². The van der Waals surface area contributed by atoms with Gasteiger partial charge in [-0.15, -0.1) is 0 Å². The van der Waals surface area contributed by atoms with Gasteiger partial charge in [0.05, 0.1) is 48.5 Å². The van der Waals surface area contributed by atoms with Crippen molar-refractivity contribution >= 4 is 151 Å². The van der Waals surface area contributed by atoms with Gasteiger partial charge in [-0.3, -0.25) is 28.8 Å². The lowest BCUT2D eigenvalue weighted by molar-refractivity contribution is -0.127. The third-order valence-corrected chi connectivity index (χ3v) is 10.1. The van der Waals surface area contributed by atoms with E-state index in [1.54, 1.807) is 36.4 Å². The van der Waals surface area contributed by atoms with Gasteiger partial charge in [0.25, 0.3) is 23.6 Å². The molecule has 0 aliphatic carbocycles. The second kappa shape index (κ2) is 22.1. The Kier molecular flexibility index (Phi) is 17.0. The molecule has 22 heteroatoms. The largest absolute Gasteiger partial charge is 0.476 e. The molecule has 0 saturated carbocycles. The third kappa shape index (κ3) is 13.2. The average Bonchev–Trinajstić information content (AvgIpc) is 3.21. The van der Waals surface area contributed by atoms with Gasteiger partial charge in [-0.05, 0) is 86.6 Å². The van der Waals surface area contributed by atoms with Crippen LogP contribution < -0.4 is 26.0 Å². The monoisotopic (exact) mass is 990 g/mol. The molecule has 0 aliphatic heterocycles. The molecule has 0 heterocycles. The van der Waals surface area contributed by atoms with E-state index >= 15 is 0 Å². The maximum Gasteiger partial charge on any atom is 0.258 e. The summed E-state index contributed by atoms with van der Waals surface area (Å²) in [7, 11) is 0. The van der Waals surface area contributed by atoms with Crippen LogP contribution in [0.5, 0.6) is 5.75 Å². The zero-order chi connectivity index (χ0) is 46.0. The van der Waals surface area contributed by atoms with Crippen LogP contribution in [0.1, 0.15) is 34.6 Å². The van der Waals surface area contributed by atoms with Crippen molar-refractivity contribution in [3.8, 4) is 5.75 Å². The highest BCUT2D eigenvalue weighted by Gasteiger charge is 2.27. The van der Waals surface area contributed by atoms with E-state index in [-0.39, 0.29) is 81.1 Å². The van der Waals surface area contributed by atoms with E-state index in [2.05, 4.69) is 41.7 Å². The molecule has 0 aliphatic rings. The van der Waals surface area contributed by atoms with Gasteiger partial charge >= 0.3 is 0 Å². The Labute approximate surface area is 393 Å². The second-order valence-corrected chi connectivity index (χ2v) is 15.6. The number of rotatable bonds is 16. The molecule has 0 fully saturated rings. The second-order valence-electron chi connectivity index (χ2n) is 12.9. The van der Waals surface area contributed by atoms with Crippen LogP contribution in [0, 0.1) is 0 Å². The molecule has 0 bridgehead atoms. The van der Waals surface area contributed by atoms with Crippen LogP contribution in [-0.2, 0) is 19.2 Å². The Morgan fingerprint density at radius 2 is 0.984 bits per heavy atom. The number of carbonyl (C=O) groups excluding carboxylic acids is 6. The number of hydrogen-bond donors (Lipinski definition) is 4. The summed E-state index contributed by atoms with van der Waals surface area (Å²) >= 11 is 43.0. The van der Waals surface area contributed by atoms with Crippen molar-refractivity contribution < 1.29 is 33.5 Å². The van der Waals surface area contributed by atoms with Crippen LogP contribution in [0.15, 0.2) is 111 Å². The van der Waals surface area contributed by atoms with Crippen molar-refractivity contribution in [2.75, 3.05) is 27.3 Å². The number of halogens is 7. The van der Waals surface area contributed by atoms with Crippen molar-refractivity contribution in [3.05, 3.63) is 132 Å². The minimum absolute atomic E-state index is 0.0143. The molecule has 4 amide bonds. The Balaban J connectivity index is 1.28. The molecular formula is C41H29Cl7N8O7. The Bertz CT molecular complexity index is 2660. The van der Waals surface area contributed by atoms with Crippen molar-refractivity contribution in [3.63, 3.8) is 0 Å². The van der Waals surface area contributed by atoms with Crippen molar-refractivity contribution in [1.29, 1.82) is 0 Å². The molecule has 5 aromatic carbocycles. The van der Waals surface area contributed by atoms with E-state index < -0.39 is 53.3 Å². The molecule has 15 nitrogen and oxygen atoms in total. The van der Waals surface area contributed by atoms with Gasteiger partial charge in [0, 0.05) is 32.9 Å². The summed E-state index contributed by atoms with van der Waals surface area (Å²) in [6.07, 6.45) is 0. The summed E-state index contributed by atoms with van der Waals surface area (Å²) in [5.41, 5.74) is 0.614. The Morgan fingerprint density at radius 3 is 1.40 bits per heavy atom. The first kappa shape index (κ1) is 48.4. The van der Waals surface area contributed by atoms with Gasteiger partial charge in [-0.25, -0.2) is 0 Å². The first-order valence-corrected chi connectivity index (χ1v) is 20.6. The lowest BCUT2D eigenvalue weighted by Crippen LogP contribution is -2.32. The van der Waals surface area contributed by atoms with Gasteiger partial charge in [0.15, 0.2) is 17.6 Å². The van der Waals surface area contributed by atoms with Crippen LogP contribution in [0.3, 0.4) is 0 Å². The number of benzene rings is 5. The number of Topliss-reactive ketones (excluding diaryl/α,β-unsaturated/α-hetero) is 2. The van der Waals surface area contributed by atoms with Gasteiger partial charge in [-0.2, -0.15) is 20.5 Å². The maximum atomic E-state index is 13.4. The average molecular weight is 994 g/mol. The van der Waals surface area contributed by atoms with E-state index in [1.807, 2.05) is 0 Å². The lowest BCUT2D eigenvalue weighted by Gasteiger charge is -2.15. The topological polar surface area (TPSA) is 209 Å². The van der Waals surface area contributed by atoms with Gasteiger partial charge < -0.3 is 26.0 Å². The number of alkyl halides is 1. The van der Waals surface area contributed by atoms with E-state index in [0.717, 1.165) is 13.8 Å². The zero-order valence-electron chi connectivity index (χ0n) is 32.3. The summed E-state index contributed by atoms with van der Waals surface area (Å²) in [4.78, 5) is 77.9. The number of para-hydroxylation sites is 2. The fourth-order valence-electron chi connectivity index (χ4n) is 5.31. The molecule has 63 heavy (non-hydrogen) atoms. The zero-order valence-corrected chi connectivity index (χ0v) is 37.6. The number of anilines is 4. The number of hydrogen-bond acceptors (Lipinski definition) is 11. The van der Waals surface area contributed by atoms with E-state index in [0.29, 0.717) is 0 Å². The lowest BCUT2D eigenvalue weighted by atomic mass is 10.1. The fourth-order valence-corrected chi connectivity index (χ4v) is 6.87. The predicted molar refractivity (Wildman–Crippen MR) is 245 cm³/mol. The summed E-state index contributed by atoms with van der Waals surface area (Å²) in [5, 5.41) is 27.1. The first-order chi connectivity index (χ1) is 29.9. The van der Waals surface area contributed by atoms with Crippen LogP contribution in [0.4, 0.5) is 34.1 Å². The molecule has 2 atom stereocenters. The van der Waals surface area contributed by atoms with Crippen LogP contribution in [0.2, 0.25) is 30.1 Å².